The fourth-order valence-corrected chi connectivity index (χ4v) is 2.10. The zero-order valence-corrected chi connectivity index (χ0v) is 11.7. The molecule has 0 unspecified atom stereocenters. The van der Waals surface area contributed by atoms with Crippen LogP contribution < -0.4 is 5.32 Å². The van der Waals surface area contributed by atoms with Crippen LogP contribution in [0.2, 0.25) is 0 Å². The summed E-state index contributed by atoms with van der Waals surface area (Å²) in [6.45, 7) is 7.48. The number of rotatable bonds is 3. The van der Waals surface area contributed by atoms with E-state index < -0.39 is 0 Å². The summed E-state index contributed by atoms with van der Waals surface area (Å²) in [5.74, 6) is 1.32. The molecule has 100 valence electrons. The van der Waals surface area contributed by atoms with E-state index in [-0.39, 0.29) is 11.9 Å². The summed E-state index contributed by atoms with van der Waals surface area (Å²) in [4.78, 5) is 16.5. The Morgan fingerprint density at radius 3 is 2.53 bits per heavy atom. The molecular weight excluding hydrogens is 240 g/mol. The van der Waals surface area contributed by atoms with E-state index in [2.05, 4.69) is 10.3 Å². The third kappa shape index (κ3) is 2.67. The molecule has 2 rings (SSSR count). The number of pyridine rings is 1. The second kappa shape index (κ2) is 5.26. The first-order chi connectivity index (χ1) is 9.00. The van der Waals surface area contributed by atoms with Crippen molar-refractivity contribution >= 4 is 5.91 Å². The SMILES string of the molecule is Cc1oc(C)c(C(=O)N[C@@H](C)c2ccccn2)c1C. The zero-order valence-electron chi connectivity index (χ0n) is 11.7. The highest BCUT2D eigenvalue weighted by molar-refractivity contribution is 5.97. The first kappa shape index (κ1) is 13.3. The Morgan fingerprint density at radius 2 is 2.00 bits per heavy atom. The Bertz CT molecular complexity index is 588. The summed E-state index contributed by atoms with van der Waals surface area (Å²) in [7, 11) is 0. The summed E-state index contributed by atoms with van der Waals surface area (Å²) in [5.41, 5.74) is 2.36. The molecule has 4 nitrogen and oxygen atoms in total. The van der Waals surface area contributed by atoms with E-state index in [9.17, 15) is 4.79 Å². The van der Waals surface area contributed by atoms with Gasteiger partial charge >= 0.3 is 0 Å². The lowest BCUT2D eigenvalue weighted by Gasteiger charge is -2.13. The number of hydrogen-bond donors (Lipinski definition) is 1. The Morgan fingerprint density at radius 1 is 1.26 bits per heavy atom. The van der Waals surface area contributed by atoms with E-state index in [1.54, 1.807) is 13.1 Å². The minimum Gasteiger partial charge on any atom is -0.466 e. The van der Waals surface area contributed by atoms with Crippen LogP contribution in [0.15, 0.2) is 28.8 Å². The molecule has 0 aromatic carbocycles. The number of nitrogens with zero attached hydrogens (tertiary/aromatic N) is 1. The lowest BCUT2D eigenvalue weighted by atomic mass is 10.1. The molecule has 0 spiro atoms. The maximum Gasteiger partial charge on any atom is 0.255 e. The van der Waals surface area contributed by atoms with Crippen LogP contribution in [-0.4, -0.2) is 10.9 Å². The number of aromatic nitrogens is 1. The predicted molar refractivity (Wildman–Crippen MR) is 73.0 cm³/mol. The van der Waals surface area contributed by atoms with Crippen molar-refractivity contribution in [3.05, 3.63) is 52.7 Å². The number of carbonyl (C=O) groups excluding carboxylic acids is 1. The molecule has 0 aliphatic heterocycles. The average Bonchev–Trinajstić information content (AvgIpc) is 2.64. The zero-order chi connectivity index (χ0) is 14.0. The number of nitrogens with one attached hydrogen (secondary N) is 1. The van der Waals surface area contributed by atoms with Gasteiger partial charge in [0.2, 0.25) is 0 Å². The highest BCUT2D eigenvalue weighted by Gasteiger charge is 2.20. The highest BCUT2D eigenvalue weighted by Crippen LogP contribution is 2.21. The standard InChI is InChI=1S/C15H18N2O2/c1-9-11(3)19-12(4)14(9)15(18)17-10(2)13-7-5-6-8-16-13/h5-8,10H,1-4H3,(H,17,18)/t10-/m0/s1. The topological polar surface area (TPSA) is 55.1 Å². The molecule has 2 aromatic heterocycles. The number of carbonyl (C=O) groups is 1. The highest BCUT2D eigenvalue weighted by atomic mass is 16.3. The lowest BCUT2D eigenvalue weighted by Crippen LogP contribution is -2.27. The van der Waals surface area contributed by atoms with Gasteiger partial charge in [-0.2, -0.15) is 0 Å². The molecule has 1 amide bonds. The van der Waals surface area contributed by atoms with Crippen LogP contribution in [0.1, 0.15) is 46.1 Å². The Kier molecular flexibility index (Phi) is 3.69. The third-order valence-corrected chi connectivity index (χ3v) is 3.27. The summed E-state index contributed by atoms with van der Waals surface area (Å²) in [6, 6.07) is 5.52. The van der Waals surface area contributed by atoms with Gasteiger partial charge < -0.3 is 9.73 Å². The molecule has 2 aromatic rings. The van der Waals surface area contributed by atoms with Crippen molar-refractivity contribution < 1.29 is 9.21 Å². The van der Waals surface area contributed by atoms with Gasteiger partial charge in [-0.05, 0) is 39.8 Å². The Balaban J connectivity index is 2.18. The molecule has 1 atom stereocenters. The minimum atomic E-state index is -0.136. The van der Waals surface area contributed by atoms with Gasteiger partial charge in [0.25, 0.3) is 5.91 Å². The van der Waals surface area contributed by atoms with E-state index in [1.165, 1.54) is 0 Å². The summed E-state index contributed by atoms with van der Waals surface area (Å²) in [6.07, 6.45) is 1.72. The van der Waals surface area contributed by atoms with Crippen LogP contribution in [0.25, 0.3) is 0 Å². The van der Waals surface area contributed by atoms with Crippen molar-refractivity contribution in [2.75, 3.05) is 0 Å². The molecule has 0 radical (unpaired) electrons. The van der Waals surface area contributed by atoms with Crippen molar-refractivity contribution in [1.82, 2.24) is 10.3 Å². The van der Waals surface area contributed by atoms with Gasteiger partial charge in [-0.1, -0.05) is 6.07 Å². The first-order valence-electron chi connectivity index (χ1n) is 6.29. The number of amides is 1. The lowest BCUT2D eigenvalue weighted by molar-refractivity contribution is 0.0937. The van der Waals surface area contributed by atoms with E-state index in [0.717, 1.165) is 17.0 Å². The molecule has 1 N–H and O–H groups in total. The fraction of sp³-hybridized carbons (Fsp3) is 0.333. The van der Waals surface area contributed by atoms with E-state index in [1.807, 2.05) is 39.0 Å². The van der Waals surface area contributed by atoms with Crippen LogP contribution in [0.5, 0.6) is 0 Å². The maximum absolute atomic E-state index is 12.3. The van der Waals surface area contributed by atoms with Crippen LogP contribution in [0.4, 0.5) is 0 Å². The average molecular weight is 258 g/mol. The van der Waals surface area contributed by atoms with Crippen LogP contribution >= 0.6 is 0 Å². The van der Waals surface area contributed by atoms with Gasteiger partial charge in [0, 0.05) is 11.8 Å². The molecule has 2 heterocycles. The van der Waals surface area contributed by atoms with Crippen LogP contribution in [0, 0.1) is 20.8 Å². The monoisotopic (exact) mass is 258 g/mol. The quantitative estimate of drug-likeness (QED) is 0.920. The number of aryl methyl sites for hydroxylation is 2. The minimum absolute atomic E-state index is 0.120. The van der Waals surface area contributed by atoms with Crippen molar-refractivity contribution in [2.24, 2.45) is 0 Å². The Labute approximate surface area is 112 Å². The molecular formula is C15H18N2O2. The van der Waals surface area contributed by atoms with Crippen molar-refractivity contribution in [1.29, 1.82) is 0 Å². The normalized spacial score (nSPS) is 12.2. The van der Waals surface area contributed by atoms with E-state index >= 15 is 0 Å². The summed E-state index contributed by atoms with van der Waals surface area (Å²) < 4.78 is 5.48. The molecule has 0 saturated heterocycles. The second-order valence-electron chi connectivity index (χ2n) is 4.66. The smallest absolute Gasteiger partial charge is 0.255 e. The molecule has 0 aliphatic carbocycles. The molecule has 0 saturated carbocycles. The molecule has 19 heavy (non-hydrogen) atoms. The summed E-state index contributed by atoms with van der Waals surface area (Å²) in [5, 5.41) is 2.95. The van der Waals surface area contributed by atoms with E-state index in [4.69, 9.17) is 4.42 Å². The van der Waals surface area contributed by atoms with Gasteiger partial charge in [-0.3, -0.25) is 9.78 Å². The predicted octanol–water partition coefficient (Wildman–Crippen LogP) is 3.09. The van der Waals surface area contributed by atoms with Gasteiger partial charge in [0.1, 0.15) is 11.5 Å². The molecule has 4 heteroatoms. The van der Waals surface area contributed by atoms with Crippen molar-refractivity contribution in [3.8, 4) is 0 Å². The van der Waals surface area contributed by atoms with Gasteiger partial charge in [0.15, 0.2) is 0 Å². The van der Waals surface area contributed by atoms with Gasteiger partial charge in [-0.25, -0.2) is 0 Å². The molecule has 0 bridgehead atoms. The van der Waals surface area contributed by atoms with E-state index in [0.29, 0.717) is 11.3 Å². The summed E-state index contributed by atoms with van der Waals surface area (Å²) >= 11 is 0. The molecule has 0 fully saturated rings. The van der Waals surface area contributed by atoms with Crippen LogP contribution in [-0.2, 0) is 0 Å². The van der Waals surface area contributed by atoms with Gasteiger partial charge in [-0.15, -0.1) is 0 Å². The Hall–Kier alpha value is -2.10. The first-order valence-corrected chi connectivity index (χ1v) is 6.29. The van der Waals surface area contributed by atoms with Crippen molar-refractivity contribution in [3.63, 3.8) is 0 Å². The number of furan rings is 1. The largest absolute Gasteiger partial charge is 0.466 e. The fourth-order valence-electron chi connectivity index (χ4n) is 2.10. The number of hydrogen-bond acceptors (Lipinski definition) is 3. The van der Waals surface area contributed by atoms with Crippen LogP contribution in [0.3, 0.4) is 0 Å². The third-order valence-electron chi connectivity index (χ3n) is 3.27. The second-order valence-corrected chi connectivity index (χ2v) is 4.66. The van der Waals surface area contributed by atoms with Crippen molar-refractivity contribution in [2.45, 2.75) is 33.7 Å². The van der Waals surface area contributed by atoms with Gasteiger partial charge in [0.05, 0.1) is 17.3 Å². The molecule has 0 aliphatic rings. The maximum atomic E-state index is 12.3.